The molecule has 150 valence electrons. The first kappa shape index (κ1) is 19.1. The van der Waals surface area contributed by atoms with E-state index in [-0.39, 0.29) is 18.2 Å². The third-order valence-corrected chi connectivity index (χ3v) is 5.03. The summed E-state index contributed by atoms with van der Waals surface area (Å²) < 4.78 is 13.2. The number of amides is 1. The van der Waals surface area contributed by atoms with Gasteiger partial charge in [-0.05, 0) is 23.8 Å². The molecule has 2 heterocycles. The first-order chi connectivity index (χ1) is 14.2. The third-order valence-electron chi connectivity index (χ3n) is 5.03. The number of hydrogen-bond donors (Lipinski definition) is 1. The van der Waals surface area contributed by atoms with Gasteiger partial charge in [0.25, 0.3) is 0 Å². The summed E-state index contributed by atoms with van der Waals surface area (Å²) in [6, 6.07) is 13.4. The van der Waals surface area contributed by atoms with Gasteiger partial charge < -0.3 is 19.4 Å². The van der Waals surface area contributed by atoms with Gasteiger partial charge in [-0.15, -0.1) is 0 Å². The van der Waals surface area contributed by atoms with Crippen molar-refractivity contribution >= 4 is 22.6 Å². The molecule has 0 bridgehead atoms. The lowest BCUT2D eigenvalue weighted by Crippen LogP contribution is -2.26. The largest absolute Gasteiger partial charge is 0.490 e. The fraction of sp³-hybridized carbons (Fsp3) is 0.304. The smallest absolute Gasteiger partial charge is 0.240 e. The summed E-state index contributed by atoms with van der Waals surface area (Å²) in [5.41, 5.74) is 2.50. The highest BCUT2D eigenvalue weighted by Gasteiger charge is 2.15. The van der Waals surface area contributed by atoms with Crippen molar-refractivity contribution in [1.82, 2.24) is 9.88 Å². The van der Waals surface area contributed by atoms with Crippen LogP contribution in [0.4, 0.5) is 0 Å². The molecule has 6 nitrogen and oxygen atoms in total. The summed E-state index contributed by atoms with van der Waals surface area (Å²) in [5.74, 6) is 1.42. The number of fused-ring (bicyclic) bond motifs is 2. The van der Waals surface area contributed by atoms with Gasteiger partial charge in [-0.3, -0.25) is 9.59 Å². The Morgan fingerprint density at radius 1 is 1.07 bits per heavy atom. The molecule has 1 aliphatic heterocycles. The standard InChI is InChI=1S/C23H24N2O4/c1-2-20(26)18-14-25(19-7-4-3-6-17(18)19)15-23(27)24-13-16-8-9-21-22(12-16)29-11-5-10-28-21/h3-4,6-9,12,14H,2,5,10-11,13,15H2,1H3,(H,24,27). The molecule has 1 amide bonds. The van der Waals surface area contributed by atoms with Crippen molar-refractivity contribution in [3.05, 3.63) is 59.8 Å². The van der Waals surface area contributed by atoms with Crippen LogP contribution < -0.4 is 14.8 Å². The van der Waals surface area contributed by atoms with Crippen molar-refractivity contribution in [3.8, 4) is 11.5 Å². The quantitative estimate of drug-likeness (QED) is 0.649. The monoisotopic (exact) mass is 392 g/mol. The van der Waals surface area contributed by atoms with Gasteiger partial charge in [0.05, 0.1) is 13.2 Å². The lowest BCUT2D eigenvalue weighted by Gasteiger charge is -2.11. The lowest BCUT2D eigenvalue weighted by molar-refractivity contribution is -0.121. The van der Waals surface area contributed by atoms with E-state index in [1.807, 2.05) is 54.0 Å². The molecule has 0 spiro atoms. The van der Waals surface area contributed by atoms with Crippen LogP contribution in [0.3, 0.4) is 0 Å². The second-order valence-electron chi connectivity index (χ2n) is 7.07. The Morgan fingerprint density at radius 3 is 2.69 bits per heavy atom. The molecule has 0 unspecified atom stereocenters. The zero-order valence-electron chi connectivity index (χ0n) is 16.4. The molecule has 0 radical (unpaired) electrons. The maximum absolute atomic E-state index is 12.5. The van der Waals surface area contributed by atoms with Crippen LogP contribution in [-0.2, 0) is 17.9 Å². The molecular weight excluding hydrogens is 368 g/mol. The second kappa shape index (κ2) is 8.39. The van der Waals surface area contributed by atoms with Crippen LogP contribution in [0.1, 0.15) is 35.7 Å². The van der Waals surface area contributed by atoms with Crippen molar-refractivity contribution < 1.29 is 19.1 Å². The van der Waals surface area contributed by atoms with E-state index >= 15 is 0 Å². The zero-order chi connectivity index (χ0) is 20.2. The first-order valence-electron chi connectivity index (χ1n) is 9.92. The number of carbonyl (C=O) groups is 2. The molecule has 2 aromatic carbocycles. The molecule has 0 saturated carbocycles. The summed E-state index contributed by atoms with van der Waals surface area (Å²) in [6.07, 6.45) is 3.07. The number of aromatic nitrogens is 1. The number of ether oxygens (including phenoxy) is 2. The predicted octanol–water partition coefficient (Wildman–Crippen LogP) is 3.71. The maximum atomic E-state index is 12.5. The summed E-state index contributed by atoms with van der Waals surface area (Å²) in [7, 11) is 0. The van der Waals surface area contributed by atoms with E-state index < -0.39 is 0 Å². The van der Waals surface area contributed by atoms with Crippen LogP contribution in [0.2, 0.25) is 0 Å². The zero-order valence-corrected chi connectivity index (χ0v) is 16.4. The van der Waals surface area contributed by atoms with Crippen molar-refractivity contribution in [1.29, 1.82) is 0 Å². The number of nitrogens with one attached hydrogen (secondary N) is 1. The minimum absolute atomic E-state index is 0.0764. The highest BCUT2D eigenvalue weighted by atomic mass is 16.5. The fourth-order valence-electron chi connectivity index (χ4n) is 3.52. The SMILES string of the molecule is CCC(=O)c1cn(CC(=O)NCc2ccc3c(c2)OCCCO3)c2ccccc12. The van der Waals surface area contributed by atoms with Crippen LogP contribution >= 0.6 is 0 Å². The van der Waals surface area contributed by atoms with Crippen molar-refractivity contribution in [2.24, 2.45) is 0 Å². The number of benzene rings is 2. The molecule has 0 aliphatic carbocycles. The van der Waals surface area contributed by atoms with Gasteiger partial charge in [0.15, 0.2) is 17.3 Å². The molecule has 0 fully saturated rings. The van der Waals surface area contributed by atoms with Gasteiger partial charge in [0, 0.05) is 42.0 Å². The number of carbonyl (C=O) groups excluding carboxylic acids is 2. The van der Waals surface area contributed by atoms with Gasteiger partial charge in [0.1, 0.15) is 6.54 Å². The molecule has 29 heavy (non-hydrogen) atoms. The van der Waals surface area contributed by atoms with Crippen molar-refractivity contribution in [2.45, 2.75) is 32.9 Å². The van der Waals surface area contributed by atoms with Gasteiger partial charge in [-0.2, -0.15) is 0 Å². The summed E-state index contributed by atoms with van der Waals surface area (Å²) in [4.78, 5) is 24.8. The summed E-state index contributed by atoms with van der Waals surface area (Å²) >= 11 is 0. The Hall–Kier alpha value is -3.28. The molecule has 6 heteroatoms. The van der Waals surface area contributed by atoms with Crippen LogP contribution in [-0.4, -0.2) is 29.5 Å². The predicted molar refractivity (Wildman–Crippen MR) is 110 cm³/mol. The lowest BCUT2D eigenvalue weighted by atomic mass is 10.1. The van der Waals surface area contributed by atoms with Crippen LogP contribution in [0, 0.1) is 0 Å². The highest BCUT2D eigenvalue weighted by molar-refractivity contribution is 6.08. The van der Waals surface area contributed by atoms with E-state index in [4.69, 9.17) is 9.47 Å². The average molecular weight is 392 g/mol. The topological polar surface area (TPSA) is 69.6 Å². The maximum Gasteiger partial charge on any atom is 0.240 e. The van der Waals surface area contributed by atoms with Crippen LogP contribution in [0.15, 0.2) is 48.7 Å². The minimum atomic E-state index is -0.117. The van der Waals surface area contributed by atoms with Gasteiger partial charge in [-0.1, -0.05) is 31.2 Å². The van der Waals surface area contributed by atoms with E-state index in [1.54, 1.807) is 6.20 Å². The number of Topliss-reactive ketones (excluding diaryl/α,β-unsaturated/α-hetero) is 1. The van der Waals surface area contributed by atoms with E-state index in [1.165, 1.54) is 0 Å². The second-order valence-corrected chi connectivity index (χ2v) is 7.07. The molecule has 1 aliphatic rings. The van der Waals surface area contributed by atoms with Crippen molar-refractivity contribution in [3.63, 3.8) is 0 Å². The Labute approximate surface area is 169 Å². The Bertz CT molecular complexity index is 1050. The summed E-state index contributed by atoms with van der Waals surface area (Å²) in [6.45, 7) is 3.67. The molecule has 4 rings (SSSR count). The minimum Gasteiger partial charge on any atom is -0.490 e. The molecule has 3 aromatic rings. The van der Waals surface area contributed by atoms with Gasteiger partial charge in [0.2, 0.25) is 5.91 Å². The average Bonchev–Trinajstić information content (AvgIpc) is 2.94. The van der Waals surface area contributed by atoms with E-state index in [0.717, 1.165) is 28.6 Å². The summed E-state index contributed by atoms with van der Waals surface area (Å²) in [5, 5.41) is 3.83. The number of hydrogen-bond acceptors (Lipinski definition) is 4. The number of para-hydroxylation sites is 1. The van der Waals surface area contributed by atoms with Crippen LogP contribution in [0.25, 0.3) is 10.9 Å². The fourth-order valence-corrected chi connectivity index (χ4v) is 3.52. The van der Waals surface area contributed by atoms with Crippen molar-refractivity contribution in [2.75, 3.05) is 13.2 Å². The molecule has 1 N–H and O–H groups in total. The normalized spacial score (nSPS) is 13.1. The number of nitrogens with zero attached hydrogens (tertiary/aromatic N) is 1. The first-order valence-corrected chi connectivity index (χ1v) is 9.92. The molecule has 0 saturated heterocycles. The van der Waals surface area contributed by atoms with Gasteiger partial charge >= 0.3 is 0 Å². The molecule has 1 aromatic heterocycles. The van der Waals surface area contributed by atoms with E-state index in [2.05, 4.69) is 5.32 Å². The molecule has 0 atom stereocenters. The van der Waals surface area contributed by atoms with Crippen LogP contribution in [0.5, 0.6) is 11.5 Å². The highest BCUT2D eigenvalue weighted by Crippen LogP contribution is 2.30. The number of ketones is 1. The Balaban J connectivity index is 1.45. The van der Waals surface area contributed by atoms with E-state index in [9.17, 15) is 9.59 Å². The van der Waals surface area contributed by atoms with Gasteiger partial charge in [-0.25, -0.2) is 0 Å². The Kier molecular flexibility index (Phi) is 5.51. The molecular formula is C23H24N2O4. The third kappa shape index (κ3) is 4.11. The number of rotatable bonds is 6. The Morgan fingerprint density at radius 2 is 1.86 bits per heavy atom. The van der Waals surface area contributed by atoms with E-state index in [0.29, 0.717) is 37.5 Å².